The van der Waals surface area contributed by atoms with Gasteiger partial charge in [-0.15, -0.1) is 0 Å². The summed E-state index contributed by atoms with van der Waals surface area (Å²) in [4.78, 5) is 14.2. The van der Waals surface area contributed by atoms with Gasteiger partial charge in [0.05, 0.1) is 32.4 Å². The number of methoxy groups -OCH3 is 3. The van der Waals surface area contributed by atoms with Gasteiger partial charge in [0.25, 0.3) is 0 Å². The zero-order valence-corrected chi connectivity index (χ0v) is 22.4. The fourth-order valence-electron chi connectivity index (χ4n) is 6.02. The van der Waals surface area contributed by atoms with Gasteiger partial charge in [-0.2, -0.15) is 0 Å². The minimum atomic E-state index is -0.359. The quantitative estimate of drug-likeness (QED) is 0.318. The third-order valence-electron chi connectivity index (χ3n) is 8.05. The molecule has 0 amide bonds. The monoisotopic (exact) mass is 544 g/mol. The van der Waals surface area contributed by atoms with Crippen LogP contribution in [-0.2, 0) is 37.5 Å². The predicted molar refractivity (Wildman–Crippen MR) is 153 cm³/mol. The van der Waals surface area contributed by atoms with E-state index in [1.54, 1.807) is 26.4 Å². The Morgan fingerprint density at radius 2 is 1.80 bits per heavy atom. The number of benzene rings is 3. The largest absolute Gasteiger partial charge is 0.497 e. The van der Waals surface area contributed by atoms with Gasteiger partial charge in [0.1, 0.15) is 19.1 Å². The first-order chi connectivity index (χ1) is 19.0. The van der Waals surface area contributed by atoms with Crippen LogP contribution in [0.3, 0.4) is 0 Å². The number of aliphatic hydroxyl groups excluding tert-OH is 1. The molecule has 1 atom stereocenters. The Morgan fingerprint density at radius 3 is 2.50 bits per heavy atom. The van der Waals surface area contributed by atoms with Crippen molar-refractivity contribution in [2.45, 2.75) is 46.2 Å². The van der Waals surface area contributed by atoms with Gasteiger partial charge in [-0.1, -0.05) is 19.6 Å². The second-order valence-electron chi connectivity index (χ2n) is 10.00. The van der Waals surface area contributed by atoms with Crippen LogP contribution in [0.4, 0.5) is 0 Å². The van der Waals surface area contributed by atoms with Crippen LogP contribution in [0.15, 0.2) is 54.6 Å². The van der Waals surface area contributed by atoms with Crippen molar-refractivity contribution >= 4 is 16.9 Å². The van der Waals surface area contributed by atoms with Crippen molar-refractivity contribution in [3.8, 4) is 17.2 Å². The van der Waals surface area contributed by atoms with Crippen LogP contribution in [0.1, 0.15) is 51.8 Å². The summed E-state index contributed by atoms with van der Waals surface area (Å²) in [6.45, 7) is 2.01. The van der Waals surface area contributed by atoms with Crippen molar-refractivity contribution in [2.75, 3.05) is 27.9 Å². The van der Waals surface area contributed by atoms with Crippen molar-refractivity contribution in [3.63, 3.8) is 0 Å². The number of rotatable bonds is 7. The Morgan fingerprint density at radius 1 is 1.00 bits per heavy atom. The number of carbonyl (C=O) groups is 1. The number of aliphatic hydroxyl groups is 1. The molecule has 8 heteroatoms. The molecule has 1 unspecified atom stereocenters. The first-order valence-corrected chi connectivity index (χ1v) is 13.1. The molecule has 2 aliphatic rings. The van der Waals surface area contributed by atoms with E-state index in [1.807, 2.05) is 28.8 Å². The van der Waals surface area contributed by atoms with Crippen LogP contribution in [-0.4, -0.2) is 48.4 Å². The van der Waals surface area contributed by atoms with E-state index in [0.29, 0.717) is 23.7 Å². The molecule has 0 aliphatic carbocycles. The molecule has 1 aromatic heterocycles. The molecule has 0 fully saturated rings. The minimum absolute atomic E-state index is 0. The topological polar surface area (TPSA) is 82.4 Å². The van der Waals surface area contributed by atoms with E-state index >= 15 is 0 Å². The fourth-order valence-corrected chi connectivity index (χ4v) is 6.02. The number of ether oxygens (including phenoxy) is 4. The van der Waals surface area contributed by atoms with Gasteiger partial charge in [-0.3, -0.25) is 4.90 Å². The highest BCUT2D eigenvalue weighted by atomic mass is 16.5. The highest BCUT2D eigenvalue weighted by Gasteiger charge is 2.36. The van der Waals surface area contributed by atoms with E-state index in [0.717, 1.165) is 48.1 Å². The Balaban J connectivity index is 0.00000323. The Kier molecular flexibility index (Phi) is 7.74. The molecule has 40 heavy (non-hydrogen) atoms. The highest BCUT2D eigenvalue weighted by molar-refractivity contribution is 5.89. The average Bonchev–Trinajstić information content (AvgIpc) is 3.29. The van der Waals surface area contributed by atoms with Gasteiger partial charge < -0.3 is 28.6 Å². The molecule has 2 aliphatic heterocycles. The molecule has 210 valence electrons. The Labute approximate surface area is 234 Å². The molecule has 0 saturated heterocycles. The summed E-state index contributed by atoms with van der Waals surface area (Å²) >= 11 is 0. The average molecular weight is 545 g/mol. The van der Waals surface area contributed by atoms with Gasteiger partial charge in [0.2, 0.25) is 0 Å². The molecular weight excluding hydrogens is 508 g/mol. The van der Waals surface area contributed by atoms with E-state index in [4.69, 9.17) is 18.9 Å². The zero-order valence-electron chi connectivity index (χ0n) is 22.4. The number of esters is 1. The number of hydrogen-bond donors (Lipinski definition) is 1. The molecule has 6 rings (SSSR count). The van der Waals surface area contributed by atoms with Crippen molar-refractivity contribution in [3.05, 3.63) is 88.1 Å². The van der Waals surface area contributed by atoms with E-state index in [-0.39, 0.29) is 26.2 Å². The number of nitrogens with zero attached hydrogens (tertiary/aromatic N) is 2. The van der Waals surface area contributed by atoms with E-state index in [9.17, 15) is 9.90 Å². The fraction of sp³-hybridized carbons (Fsp3) is 0.344. The second kappa shape index (κ2) is 11.2. The van der Waals surface area contributed by atoms with Gasteiger partial charge in [-0.25, -0.2) is 4.79 Å². The van der Waals surface area contributed by atoms with Gasteiger partial charge in [-0.05, 0) is 77.6 Å². The smallest absolute Gasteiger partial charge is 0.337 e. The van der Waals surface area contributed by atoms with Gasteiger partial charge >= 0.3 is 5.97 Å². The van der Waals surface area contributed by atoms with Gasteiger partial charge in [0, 0.05) is 30.2 Å². The Bertz CT molecular complexity index is 1540. The summed E-state index contributed by atoms with van der Waals surface area (Å²) in [6.07, 6.45) is 1.75. The zero-order chi connectivity index (χ0) is 27.1. The summed E-state index contributed by atoms with van der Waals surface area (Å²) in [5.74, 6) is 1.87. The number of fused-ring (bicyclic) bond motifs is 6. The summed E-state index contributed by atoms with van der Waals surface area (Å²) in [7, 11) is 4.72. The van der Waals surface area contributed by atoms with E-state index in [2.05, 4.69) is 23.1 Å². The minimum Gasteiger partial charge on any atom is -0.497 e. The van der Waals surface area contributed by atoms with E-state index in [1.165, 1.54) is 29.5 Å². The summed E-state index contributed by atoms with van der Waals surface area (Å²) in [6, 6.07) is 17.7. The second-order valence-corrected chi connectivity index (χ2v) is 10.00. The maximum absolute atomic E-state index is 11.7. The van der Waals surface area contributed by atoms with Crippen LogP contribution in [0.25, 0.3) is 10.9 Å². The van der Waals surface area contributed by atoms with Crippen LogP contribution in [0.5, 0.6) is 17.2 Å². The molecular formula is C32H36N2O6. The third-order valence-corrected chi connectivity index (χ3v) is 8.05. The summed E-state index contributed by atoms with van der Waals surface area (Å²) in [5, 5.41) is 11.3. The van der Waals surface area contributed by atoms with Crippen molar-refractivity contribution < 1.29 is 28.8 Å². The van der Waals surface area contributed by atoms with Crippen molar-refractivity contribution in [1.29, 1.82) is 0 Å². The SMILES string of the molecule is C.COC(=O)c1ccc(COc2cc3c(cc2OC)C2Cc4c(n(CO)c5ccc(OC)cc45)CN2CC3)cc1. The number of carbonyl (C=O) groups excluding carboxylic acids is 1. The van der Waals surface area contributed by atoms with Gasteiger partial charge in [0.15, 0.2) is 11.5 Å². The standard InChI is InChI=1S/C31H32N2O6.CH4/c1-36-22-8-9-26-24(13-22)25-14-27-23-15-29(37-2)30(39-17-19-4-6-20(7-5-19)31(35)38-3)12-21(23)10-11-32(27)16-28(25)33(26)18-34;/h4-9,12-13,15,27,34H,10-11,14,16-18H2,1-3H3;1H4. The molecule has 3 heterocycles. The molecule has 0 radical (unpaired) electrons. The molecule has 0 saturated carbocycles. The predicted octanol–water partition coefficient (Wildman–Crippen LogP) is 5.27. The molecule has 8 nitrogen and oxygen atoms in total. The lowest BCUT2D eigenvalue weighted by molar-refractivity contribution is 0.0600. The maximum Gasteiger partial charge on any atom is 0.337 e. The lowest BCUT2D eigenvalue weighted by Crippen LogP contribution is -2.39. The molecule has 0 spiro atoms. The van der Waals surface area contributed by atoms with Crippen molar-refractivity contribution in [1.82, 2.24) is 9.47 Å². The van der Waals surface area contributed by atoms with Crippen LogP contribution in [0, 0.1) is 0 Å². The molecule has 1 N–H and O–H groups in total. The normalized spacial score (nSPS) is 15.8. The third kappa shape index (κ3) is 4.67. The molecule has 0 bridgehead atoms. The summed E-state index contributed by atoms with van der Waals surface area (Å²) < 4.78 is 24.3. The maximum atomic E-state index is 11.7. The lowest BCUT2D eigenvalue weighted by atomic mass is 9.85. The van der Waals surface area contributed by atoms with Crippen molar-refractivity contribution in [2.24, 2.45) is 0 Å². The number of hydrogen-bond acceptors (Lipinski definition) is 7. The molecule has 3 aromatic carbocycles. The lowest BCUT2D eigenvalue weighted by Gasteiger charge is -2.41. The first kappa shape index (κ1) is 27.6. The summed E-state index contributed by atoms with van der Waals surface area (Å²) in [5.41, 5.74) is 7.44. The Hall–Kier alpha value is -4.01. The van der Waals surface area contributed by atoms with Crippen LogP contribution < -0.4 is 14.2 Å². The number of aromatic nitrogens is 1. The van der Waals surface area contributed by atoms with Crippen LogP contribution in [0.2, 0.25) is 0 Å². The van der Waals surface area contributed by atoms with Crippen LogP contribution >= 0.6 is 0 Å². The highest BCUT2D eigenvalue weighted by Crippen LogP contribution is 2.45. The first-order valence-electron chi connectivity index (χ1n) is 13.1. The van der Waals surface area contributed by atoms with E-state index < -0.39 is 0 Å². The molecule has 4 aromatic rings.